The highest BCUT2D eigenvalue weighted by atomic mass is 19.1. The van der Waals surface area contributed by atoms with Crippen molar-refractivity contribution in [3.8, 4) is 5.75 Å². The van der Waals surface area contributed by atoms with Gasteiger partial charge in [0, 0.05) is 24.7 Å². The number of nitrogens with zero attached hydrogens (tertiary/aromatic N) is 3. The fraction of sp³-hybridized carbons (Fsp3) is 0.474. The van der Waals surface area contributed by atoms with Gasteiger partial charge in [-0.2, -0.15) is 0 Å². The van der Waals surface area contributed by atoms with Crippen molar-refractivity contribution in [1.29, 1.82) is 0 Å². The standard InChI is InChI=1S/C19H23FN4O/c1-25-16-9-13(3-4-15(16)20)11-24-8-2-6-19(12-24)7-5-14-10-22-18(21)23-17(14)19/h3-4,9-10H,2,5-8,11-12H2,1H3,(H2,21,22,23). The smallest absolute Gasteiger partial charge is 0.220 e. The lowest BCUT2D eigenvalue weighted by molar-refractivity contribution is 0.136. The van der Waals surface area contributed by atoms with E-state index in [4.69, 9.17) is 10.5 Å². The number of anilines is 1. The Balaban J connectivity index is 1.56. The van der Waals surface area contributed by atoms with Gasteiger partial charge in [0.25, 0.3) is 0 Å². The van der Waals surface area contributed by atoms with E-state index in [1.165, 1.54) is 18.7 Å². The van der Waals surface area contributed by atoms with Gasteiger partial charge < -0.3 is 10.5 Å². The van der Waals surface area contributed by atoms with E-state index in [1.807, 2.05) is 12.3 Å². The predicted molar refractivity (Wildman–Crippen MR) is 93.9 cm³/mol. The fourth-order valence-corrected chi connectivity index (χ4v) is 4.38. The summed E-state index contributed by atoms with van der Waals surface area (Å²) < 4.78 is 18.7. The Morgan fingerprint density at radius 3 is 3.08 bits per heavy atom. The first-order valence-corrected chi connectivity index (χ1v) is 8.76. The van der Waals surface area contributed by atoms with E-state index in [0.717, 1.165) is 56.6 Å². The Morgan fingerprint density at radius 2 is 2.24 bits per heavy atom. The van der Waals surface area contributed by atoms with Crippen LogP contribution in [0.25, 0.3) is 0 Å². The summed E-state index contributed by atoms with van der Waals surface area (Å²) in [6, 6.07) is 5.11. The molecule has 4 rings (SSSR count). The van der Waals surface area contributed by atoms with Gasteiger partial charge in [0.05, 0.1) is 12.8 Å². The van der Waals surface area contributed by atoms with Gasteiger partial charge in [-0.15, -0.1) is 0 Å². The van der Waals surface area contributed by atoms with Gasteiger partial charge in [0.1, 0.15) is 0 Å². The third-order valence-corrected chi connectivity index (χ3v) is 5.54. The summed E-state index contributed by atoms with van der Waals surface area (Å²) in [5.74, 6) is 0.342. The van der Waals surface area contributed by atoms with Gasteiger partial charge >= 0.3 is 0 Å². The number of halogens is 1. The molecule has 0 bridgehead atoms. The molecule has 1 aliphatic carbocycles. The number of rotatable bonds is 3. The Morgan fingerprint density at radius 1 is 1.36 bits per heavy atom. The zero-order valence-electron chi connectivity index (χ0n) is 14.5. The maximum Gasteiger partial charge on any atom is 0.220 e. The largest absolute Gasteiger partial charge is 0.494 e. The molecule has 1 aliphatic heterocycles. The van der Waals surface area contributed by atoms with Crippen molar-refractivity contribution in [2.75, 3.05) is 25.9 Å². The van der Waals surface area contributed by atoms with Crippen molar-refractivity contribution < 1.29 is 9.13 Å². The normalized spacial score (nSPS) is 23.0. The number of hydrogen-bond donors (Lipinski definition) is 1. The summed E-state index contributed by atoms with van der Waals surface area (Å²) in [7, 11) is 1.50. The summed E-state index contributed by atoms with van der Waals surface area (Å²) in [6.45, 7) is 2.78. The second-order valence-electron chi connectivity index (χ2n) is 7.17. The molecule has 2 aromatic rings. The van der Waals surface area contributed by atoms with Gasteiger partial charge in [-0.3, -0.25) is 4.90 Å². The Hall–Kier alpha value is -2.21. The average molecular weight is 342 g/mol. The molecule has 5 nitrogen and oxygen atoms in total. The lowest BCUT2D eigenvalue weighted by atomic mass is 9.77. The van der Waals surface area contributed by atoms with Crippen molar-refractivity contribution in [2.24, 2.45) is 0 Å². The summed E-state index contributed by atoms with van der Waals surface area (Å²) in [5, 5.41) is 0. The summed E-state index contributed by atoms with van der Waals surface area (Å²) >= 11 is 0. The van der Waals surface area contributed by atoms with Crippen LogP contribution in [0.4, 0.5) is 10.3 Å². The Labute approximate surface area is 147 Å². The zero-order valence-corrected chi connectivity index (χ0v) is 14.5. The number of benzene rings is 1. The number of nitrogens with two attached hydrogens (primary N) is 1. The number of likely N-dealkylation sites (tertiary alicyclic amines) is 1. The SMILES string of the molecule is COc1cc(CN2CCCC3(CCc4cnc(N)nc43)C2)ccc1F. The molecular formula is C19H23FN4O. The summed E-state index contributed by atoms with van der Waals surface area (Å²) in [5.41, 5.74) is 9.36. The highest BCUT2D eigenvalue weighted by Crippen LogP contribution is 2.44. The van der Waals surface area contributed by atoms with Gasteiger partial charge in [-0.05, 0) is 55.5 Å². The van der Waals surface area contributed by atoms with Crippen LogP contribution in [-0.2, 0) is 18.4 Å². The molecule has 0 amide bonds. The second kappa shape index (κ2) is 6.26. The molecule has 2 heterocycles. The number of hydrogen-bond acceptors (Lipinski definition) is 5. The monoisotopic (exact) mass is 342 g/mol. The molecule has 0 saturated carbocycles. The third kappa shape index (κ3) is 2.95. The van der Waals surface area contributed by atoms with Crippen LogP contribution >= 0.6 is 0 Å². The number of fused-ring (bicyclic) bond motifs is 2. The number of nitrogen functional groups attached to an aromatic ring is 1. The molecule has 1 atom stereocenters. The first kappa shape index (κ1) is 16.3. The Bertz CT molecular complexity index is 793. The molecule has 0 radical (unpaired) electrons. The number of piperidine rings is 1. The molecule has 2 aliphatic rings. The van der Waals surface area contributed by atoms with Gasteiger partial charge in [-0.25, -0.2) is 14.4 Å². The average Bonchev–Trinajstić information content (AvgIpc) is 2.94. The third-order valence-electron chi connectivity index (χ3n) is 5.54. The van der Waals surface area contributed by atoms with Crippen molar-refractivity contribution in [2.45, 2.75) is 37.6 Å². The van der Waals surface area contributed by atoms with E-state index in [9.17, 15) is 4.39 Å². The minimum atomic E-state index is -0.321. The number of aryl methyl sites for hydroxylation is 1. The quantitative estimate of drug-likeness (QED) is 0.929. The lowest BCUT2D eigenvalue weighted by Gasteiger charge is -2.40. The van der Waals surface area contributed by atoms with E-state index in [1.54, 1.807) is 6.07 Å². The highest BCUT2D eigenvalue weighted by molar-refractivity contribution is 5.37. The maximum absolute atomic E-state index is 13.6. The van der Waals surface area contributed by atoms with Gasteiger partial charge in [-0.1, -0.05) is 6.07 Å². The van der Waals surface area contributed by atoms with Crippen LogP contribution < -0.4 is 10.5 Å². The highest BCUT2D eigenvalue weighted by Gasteiger charge is 2.43. The van der Waals surface area contributed by atoms with Crippen LogP contribution in [0.2, 0.25) is 0 Å². The van der Waals surface area contributed by atoms with Crippen LogP contribution in [0.15, 0.2) is 24.4 Å². The molecule has 1 fully saturated rings. The van der Waals surface area contributed by atoms with Crippen molar-refractivity contribution in [3.05, 3.63) is 47.0 Å². The van der Waals surface area contributed by atoms with Crippen molar-refractivity contribution in [1.82, 2.24) is 14.9 Å². The van der Waals surface area contributed by atoms with Crippen molar-refractivity contribution in [3.63, 3.8) is 0 Å². The molecular weight excluding hydrogens is 319 g/mol. The topological polar surface area (TPSA) is 64.3 Å². The fourth-order valence-electron chi connectivity index (χ4n) is 4.38. The first-order chi connectivity index (χ1) is 12.1. The molecule has 1 aromatic carbocycles. The number of aromatic nitrogens is 2. The number of methoxy groups -OCH3 is 1. The predicted octanol–water partition coefficient (Wildman–Crippen LogP) is 2.69. The second-order valence-corrected chi connectivity index (χ2v) is 7.17. The zero-order chi connectivity index (χ0) is 17.4. The minimum absolute atomic E-state index is 0.0781. The first-order valence-electron chi connectivity index (χ1n) is 8.76. The van der Waals surface area contributed by atoms with Crippen LogP contribution in [0.5, 0.6) is 5.75 Å². The van der Waals surface area contributed by atoms with Crippen LogP contribution in [0, 0.1) is 5.82 Å². The van der Waals surface area contributed by atoms with Gasteiger partial charge in [0.2, 0.25) is 5.95 Å². The van der Waals surface area contributed by atoms with E-state index < -0.39 is 0 Å². The summed E-state index contributed by atoms with van der Waals surface area (Å²) in [6.07, 6.45) is 6.27. The molecule has 132 valence electrons. The molecule has 6 heteroatoms. The van der Waals surface area contributed by atoms with E-state index in [2.05, 4.69) is 14.9 Å². The van der Waals surface area contributed by atoms with Crippen molar-refractivity contribution >= 4 is 5.95 Å². The maximum atomic E-state index is 13.6. The molecule has 1 unspecified atom stereocenters. The van der Waals surface area contributed by atoms with Crippen LogP contribution in [0.1, 0.15) is 36.1 Å². The van der Waals surface area contributed by atoms with Gasteiger partial charge in [0.15, 0.2) is 11.6 Å². The lowest BCUT2D eigenvalue weighted by Crippen LogP contribution is -2.45. The molecule has 2 N–H and O–H groups in total. The summed E-state index contributed by atoms with van der Waals surface area (Å²) in [4.78, 5) is 11.2. The molecule has 1 aromatic heterocycles. The molecule has 1 saturated heterocycles. The molecule has 1 spiro atoms. The van der Waals surface area contributed by atoms with E-state index in [0.29, 0.717) is 11.7 Å². The van der Waals surface area contributed by atoms with Crippen LogP contribution in [0.3, 0.4) is 0 Å². The van der Waals surface area contributed by atoms with E-state index in [-0.39, 0.29) is 11.2 Å². The number of ether oxygens (including phenoxy) is 1. The van der Waals surface area contributed by atoms with Crippen LogP contribution in [-0.4, -0.2) is 35.1 Å². The Kier molecular flexibility index (Phi) is 4.07. The van der Waals surface area contributed by atoms with E-state index >= 15 is 0 Å². The minimum Gasteiger partial charge on any atom is -0.494 e. The molecule has 25 heavy (non-hydrogen) atoms.